The van der Waals surface area contributed by atoms with Crippen molar-refractivity contribution in [3.8, 4) is 12.1 Å². The maximum atomic E-state index is 9.03. The number of aromatic nitrogens is 2. The van der Waals surface area contributed by atoms with Crippen LogP contribution in [0.2, 0.25) is 0 Å². The van der Waals surface area contributed by atoms with Crippen LogP contribution >= 0.6 is 0 Å². The predicted molar refractivity (Wildman–Crippen MR) is 57.6 cm³/mol. The van der Waals surface area contributed by atoms with Gasteiger partial charge in [-0.25, -0.2) is 4.98 Å². The molecule has 0 radical (unpaired) electrons. The van der Waals surface area contributed by atoms with Crippen molar-refractivity contribution < 1.29 is 4.42 Å². The van der Waals surface area contributed by atoms with E-state index in [0.29, 0.717) is 5.76 Å². The molecule has 0 aliphatic rings. The Kier molecular flexibility index (Phi) is 2.91. The summed E-state index contributed by atoms with van der Waals surface area (Å²) in [4.78, 5) is 3.87. The highest BCUT2D eigenvalue weighted by atomic mass is 16.3. The molecule has 2 rings (SSSR count). The third-order valence-corrected chi connectivity index (χ3v) is 2.44. The highest BCUT2D eigenvalue weighted by molar-refractivity contribution is 5.37. The Bertz CT molecular complexity index is 584. The summed E-state index contributed by atoms with van der Waals surface area (Å²) < 4.78 is 6.82. The summed E-state index contributed by atoms with van der Waals surface area (Å²) in [5.41, 5.74) is 5.96. The fourth-order valence-corrected chi connectivity index (χ4v) is 1.64. The van der Waals surface area contributed by atoms with E-state index in [4.69, 9.17) is 20.7 Å². The van der Waals surface area contributed by atoms with Gasteiger partial charge in [0.1, 0.15) is 23.9 Å². The highest BCUT2D eigenvalue weighted by Gasteiger charge is 2.20. The second-order valence-corrected chi connectivity index (χ2v) is 3.34. The van der Waals surface area contributed by atoms with Crippen LogP contribution in [0.1, 0.15) is 23.2 Å². The molecule has 2 aromatic heterocycles. The molecule has 17 heavy (non-hydrogen) atoms. The van der Waals surface area contributed by atoms with Gasteiger partial charge in [0.2, 0.25) is 0 Å². The lowest BCUT2D eigenvalue weighted by molar-refractivity contribution is 0.430. The lowest BCUT2D eigenvalue weighted by Crippen LogP contribution is -2.20. The molecule has 0 saturated carbocycles. The van der Waals surface area contributed by atoms with Gasteiger partial charge < -0.3 is 14.7 Å². The van der Waals surface area contributed by atoms with Crippen LogP contribution in [0.25, 0.3) is 0 Å². The van der Waals surface area contributed by atoms with Gasteiger partial charge in [0.15, 0.2) is 11.4 Å². The molecule has 0 amide bonds. The number of nitrogens with zero attached hydrogens (tertiary/aromatic N) is 4. The second-order valence-electron chi connectivity index (χ2n) is 3.34. The molecule has 0 aliphatic heterocycles. The summed E-state index contributed by atoms with van der Waals surface area (Å²) in [6, 6.07) is 7.00. The van der Waals surface area contributed by atoms with Gasteiger partial charge in [0.05, 0.1) is 12.6 Å². The van der Waals surface area contributed by atoms with Gasteiger partial charge in [-0.1, -0.05) is 0 Å². The lowest BCUT2D eigenvalue weighted by atomic mass is 10.2. The Morgan fingerprint density at radius 1 is 1.47 bits per heavy atom. The number of rotatable bonds is 3. The van der Waals surface area contributed by atoms with Crippen molar-refractivity contribution in [2.24, 2.45) is 5.73 Å². The molecule has 1 unspecified atom stereocenters. The highest BCUT2D eigenvalue weighted by Crippen LogP contribution is 2.20. The van der Waals surface area contributed by atoms with E-state index in [2.05, 4.69) is 4.98 Å². The maximum Gasteiger partial charge on any atom is 0.176 e. The van der Waals surface area contributed by atoms with Crippen LogP contribution in [-0.2, 0) is 0 Å². The van der Waals surface area contributed by atoms with Crippen molar-refractivity contribution in [1.29, 1.82) is 10.5 Å². The number of imidazole rings is 1. The van der Waals surface area contributed by atoms with Crippen molar-refractivity contribution in [1.82, 2.24) is 9.55 Å². The molecule has 2 N–H and O–H groups in total. The molecule has 0 aliphatic carbocycles. The van der Waals surface area contributed by atoms with E-state index in [1.54, 1.807) is 16.7 Å². The van der Waals surface area contributed by atoms with Crippen molar-refractivity contribution in [2.45, 2.75) is 6.04 Å². The predicted octanol–water partition coefficient (Wildman–Crippen LogP) is 0.768. The van der Waals surface area contributed by atoms with Crippen LogP contribution in [-0.4, -0.2) is 16.1 Å². The Labute approximate surface area is 97.5 Å². The van der Waals surface area contributed by atoms with Gasteiger partial charge in [-0.2, -0.15) is 10.5 Å². The molecule has 2 aromatic rings. The normalized spacial score (nSPS) is 11.7. The number of nitriles is 2. The average molecular weight is 227 g/mol. The third kappa shape index (κ3) is 1.78. The Balaban J connectivity index is 2.50. The van der Waals surface area contributed by atoms with Gasteiger partial charge >= 0.3 is 0 Å². The van der Waals surface area contributed by atoms with E-state index in [1.165, 1.54) is 12.6 Å². The SMILES string of the molecule is N#Cc1ncn(C(CN)c2ccco2)c1C#N. The molecule has 6 heteroatoms. The van der Waals surface area contributed by atoms with Crippen LogP contribution in [0.4, 0.5) is 0 Å². The number of hydrogen-bond donors (Lipinski definition) is 1. The average Bonchev–Trinajstić information content (AvgIpc) is 2.99. The van der Waals surface area contributed by atoms with Crippen molar-refractivity contribution >= 4 is 0 Å². The first-order valence-corrected chi connectivity index (χ1v) is 4.92. The number of furan rings is 1. The maximum absolute atomic E-state index is 9.03. The van der Waals surface area contributed by atoms with Crippen LogP contribution in [0.15, 0.2) is 29.1 Å². The molecule has 0 spiro atoms. The summed E-state index contributed by atoms with van der Waals surface area (Å²) in [5.74, 6) is 0.630. The summed E-state index contributed by atoms with van der Waals surface area (Å²) in [6.07, 6.45) is 2.96. The molecule has 0 aromatic carbocycles. The molecule has 0 saturated heterocycles. The van der Waals surface area contributed by atoms with E-state index in [0.717, 1.165) is 0 Å². The second kappa shape index (κ2) is 4.52. The molecule has 0 bridgehead atoms. The van der Waals surface area contributed by atoms with Crippen molar-refractivity contribution in [3.05, 3.63) is 41.9 Å². The van der Waals surface area contributed by atoms with Gasteiger partial charge in [0.25, 0.3) is 0 Å². The van der Waals surface area contributed by atoms with Crippen LogP contribution in [0, 0.1) is 22.7 Å². The first-order valence-electron chi connectivity index (χ1n) is 4.92. The molecule has 6 nitrogen and oxygen atoms in total. The fourth-order valence-electron chi connectivity index (χ4n) is 1.64. The molecular weight excluding hydrogens is 218 g/mol. The lowest BCUT2D eigenvalue weighted by Gasteiger charge is -2.14. The standard InChI is InChI=1S/C11H9N5O/c12-4-8-9(5-13)16(7-15-8)10(6-14)11-2-1-3-17-11/h1-3,7,10H,6,14H2. The molecular formula is C11H9N5O. The topological polar surface area (TPSA) is 105 Å². The minimum atomic E-state index is -0.325. The van der Waals surface area contributed by atoms with Gasteiger partial charge in [0, 0.05) is 6.54 Å². The zero-order chi connectivity index (χ0) is 12.3. The molecule has 84 valence electrons. The van der Waals surface area contributed by atoms with Gasteiger partial charge in [-0.05, 0) is 12.1 Å². The van der Waals surface area contributed by atoms with Gasteiger partial charge in [-0.15, -0.1) is 0 Å². The number of hydrogen-bond acceptors (Lipinski definition) is 5. The Morgan fingerprint density at radius 3 is 2.82 bits per heavy atom. The van der Waals surface area contributed by atoms with E-state index in [1.807, 2.05) is 12.1 Å². The summed E-state index contributed by atoms with van der Waals surface area (Å²) in [6.45, 7) is 0.253. The Hall–Kier alpha value is -2.57. The van der Waals surface area contributed by atoms with Crippen molar-refractivity contribution in [3.63, 3.8) is 0 Å². The third-order valence-electron chi connectivity index (χ3n) is 2.44. The van der Waals surface area contributed by atoms with Crippen LogP contribution in [0.3, 0.4) is 0 Å². The number of nitrogens with two attached hydrogens (primary N) is 1. The molecule has 1 atom stereocenters. The molecule has 2 heterocycles. The van der Waals surface area contributed by atoms with E-state index in [-0.39, 0.29) is 24.0 Å². The summed E-state index contributed by atoms with van der Waals surface area (Å²) in [7, 11) is 0. The van der Waals surface area contributed by atoms with E-state index >= 15 is 0 Å². The minimum Gasteiger partial charge on any atom is -0.467 e. The fraction of sp³-hybridized carbons (Fsp3) is 0.182. The Morgan fingerprint density at radius 2 is 2.29 bits per heavy atom. The van der Waals surface area contributed by atoms with Crippen LogP contribution < -0.4 is 5.73 Å². The summed E-state index contributed by atoms with van der Waals surface area (Å²) >= 11 is 0. The van der Waals surface area contributed by atoms with Gasteiger partial charge in [-0.3, -0.25) is 0 Å². The van der Waals surface area contributed by atoms with Crippen molar-refractivity contribution in [2.75, 3.05) is 6.54 Å². The quantitative estimate of drug-likeness (QED) is 0.833. The smallest absolute Gasteiger partial charge is 0.176 e. The van der Waals surface area contributed by atoms with E-state index < -0.39 is 0 Å². The largest absolute Gasteiger partial charge is 0.467 e. The molecule has 0 fully saturated rings. The first-order chi connectivity index (χ1) is 8.31. The van der Waals surface area contributed by atoms with E-state index in [9.17, 15) is 0 Å². The van der Waals surface area contributed by atoms with Crippen LogP contribution in [0.5, 0.6) is 0 Å². The zero-order valence-corrected chi connectivity index (χ0v) is 8.87. The zero-order valence-electron chi connectivity index (χ0n) is 8.87. The minimum absolute atomic E-state index is 0.0949. The monoisotopic (exact) mass is 227 g/mol. The summed E-state index contributed by atoms with van der Waals surface area (Å²) in [5, 5.41) is 17.8. The first kappa shape index (κ1) is 10.9.